The second-order valence-corrected chi connectivity index (χ2v) is 5.70. The lowest BCUT2D eigenvalue weighted by atomic mass is 10.2. The normalized spacial score (nSPS) is 10.7. The molecule has 0 radical (unpaired) electrons. The second-order valence-electron chi connectivity index (χ2n) is 3.99. The zero-order valence-corrected chi connectivity index (χ0v) is 13.9. The Morgan fingerprint density at radius 2 is 1.78 bits per heavy atom. The number of nitrogens with one attached hydrogen (secondary N) is 1. The highest BCUT2D eigenvalue weighted by Gasteiger charge is 2.05. The Morgan fingerprint density at radius 3 is 2.39 bits per heavy atom. The van der Waals surface area contributed by atoms with Gasteiger partial charge in [-0.1, -0.05) is 0 Å². The van der Waals surface area contributed by atoms with Gasteiger partial charge in [0.25, 0.3) is 0 Å². The van der Waals surface area contributed by atoms with E-state index in [-0.39, 0.29) is 0 Å². The van der Waals surface area contributed by atoms with Crippen LogP contribution in [0.15, 0.2) is 21.1 Å². The summed E-state index contributed by atoms with van der Waals surface area (Å²) in [6, 6.07) is 4.20. The molecule has 3 nitrogen and oxygen atoms in total. The van der Waals surface area contributed by atoms with Crippen LogP contribution in [0.1, 0.15) is 12.0 Å². The molecular formula is C13H19Br2NO2. The third-order valence-electron chi connectivity index (χ3n) is 2.39. The van der Waals surface area contributed by atoms with Crippen LogP contribution in [0.2, 0.25) is 0 Å². The number of anilines is 1. The number of aryl methyl sites for hydroxylation is 1. The minimum atomic E-state index is 0.655. The van der Waals surface area contributed by atoms with Crippen molar-refractivity contribution < 1.29 is 9.47 Å². The van der Waals surface area contributed by atoms with Crippen LogP contribution in [0.5, 0.6) is 0 Å². The average molecular weight is 381 g/mol. The van der Waals surface area contributed by atoms with Gasteiger partial charge in [-0.15, -0.1) is 0 Å². The molecule has 1 aromatic carbocycles. The molecule has 0 aliphatic heterocycles. The van der Waals surface area contributed by atoms with Gasteiger partial charge in [0, 0.05) is 29.2 Å². The van der Waals surface area contributed by atoms with Gasteiger partial charge in [-0.2, -0.15) is 0 Å². The van der Waals surface area contributed by atoms with Gasteiger partial charge in [0.1, 0.15) is 0 Å². The summed E-state index contributed by atoms with van der Waals surface area (Å²) < 4.78 is 12.5. The fourth-order valence-electron chi connectivity index (χ4n) is 1.50. The van der Waals surface area contributed by atoms with E-state index in [0.29, 0.717) is 13.2 Å². The van der Waals surface area contributed by atoms with Crippen molar-refractivity contribution in [3.63, 3.8) is 0 Å². The van der Waals surface area contributed by atoms with Gasteiger partial charge in [-0.05, 0) is 62.9 Å². The van der Waals surface area contributed by atoms with Crippen LogP contribution in [0.3, 0.4) is 0 Å². The highest BCUT2D eigenvalue weighted by atomic mass is 79.9. The Kier molecular flexibility index (Phi) is 7.90. The fraction of sp³-hybridized carbons (Fsp3) is 0.538. The largest absolute Gasteiger partial charge is 0.383 e. The first-order valence-corrected chi connectivity index (χ1v) is 7.50. The Morgan fingerprint density at radius 1 is 1.11 bits per heavy atom. The highest BCUT2D eigenvalue weighted by molar-refractivity contribution is 9.11. The van der Waals surface area contributed by atoms with E-state index < -0.39 is 0 Å². The van der Waals surface area contributed by atoms with Gasteiger partial charge >= 0.3 is 0 Å². The van der Waals surface area contributed by atoms with Crippen LogP contribution in [-0.4, -0.2) is 33.5 Å². The van der Waals surface area contributed by atoms with E-state index in [1.54, 1.807) is 7.11 Å². The molecule has 0 heterocycles. The lowest BCUT2D eigenvalue weighted by Gasteiger charge is -2.12. The average Bonchev–Trinajstić information content (AvgIpc) is 2.30. The number of hydrogen-bond acceptors (Lipinski definition) is 3. The Bertz CT molecular complexity index is 349. The molecule has 0 fully saturated rings. The maximum atomic E-state index is 5.40. The zero-order chi connectivity index (χ0) is 13.4. The molecule has 0 saturated heterocycles. The number of benzene rings is 1. The van der Waals surface area contributed by atoms with Crippen LogP contribution >= 0.6 is 31.9 Å². The molecule has 0 spiro atoms. The van der Waals surface area contributed by atoms with Gasteiger partial charge in [0.15, 0.2) is 0 Å². The van der Waals surface area contributed by atoms with Crippen LogP contribution in [0.4, 0.5) is 5.69 Å². The van der Waals surface area contributed by atoms with Gasteiger partial charge in [0.05, 0.1) is 18.9 Å². The quantitative estimate of drug-likeness (QED) is 0.691. The number of methoxy groups -OCH3 is 1. The number of rotatable bonds is 8. The van der Waals surface area contributed by atoms with E-state index >= 15 is 0 Å². The summed E-state index contributed by atoms with van der Waals surface area (Å²) >= 11 is 7.12. The molecule has 0 aliphatic carbocycles. The van der Waals surface area contributed by atoms with Crippen LogP contribution in [0, 0.1) is 6.92 Å². The van der Waals surface area contributed by atoms with E-state index in [1.807, 2.05) is 0 Å². The van der Waals surface area contributed by atoms with Crippen LogP contribution in [-0.2, 0) is 9.47 Å². The molecule has 1 aromatic rings. The molecule has 5 heteroatoms. The first kappa shape index (κ1) is 16.0. The molecule has 0 aromatic heterocycles. The van der Waals surface area contributed by atoms with E-state index in [0.717, 1.165) is 34.2 Å². The SMILES string of the molecule is COCCOCCCNc1c(Br)cc(C)cc1Br. The van der Waals surface area contributed by atoms with Crippen molar-refractivity contribution in [1.82, 2.24) is 0 Å². The van der Waals surface area contributed by atoms with E-state index in [1.165, 1.54) is 5.56 Å². The molecule has 0 saturated carbocycles. The molecular weight excluding hydrogens is 362 g/mol. The van der Waals surface area contributed by atoms with Gasteiger partial charge < -0.3 is 14.8 Å². The highest BCUT2D eigenvalue weighted by Crippen LogP contribution is 2.32. The van der Waals surface area contributed by atoms with E-state index in [2.05, 4.69) is 56.2 Å². The van der Waals surface area contributed by atoms with Crippen molar-refractivity contribution in [2.45, 2.75) is 13.3 Å². The lowest BCUT2D eigenvalue weighted by Crippen LogP contribution is -2.09. The van der Waals surface area contributed by atoms with Crippen LogP contribution < -0.4 is 5.32 Å². The molecule has 0 bridgehead atoms. The Hall–Kier alpha value is -0.100. The predicted octanol–water partition coefficient (Wildman–Crippen LogP) is 3.99. The standard InChI is InChI=1S/C13H19Br2NO2/c1-10-8-11(14)13(12(15)9-10)16-4-3-5-18-7-6-17-2/h8-9,16H,3-7H2,1-2H3. The maximum absolute atomic E-state index is 5.40. The van der Waals surface area contributed by atoms with E-state index in [9.17, 15) is 0 Å². The molecule has 18 heavy (non-hydrogen) atoms. The molecule has 0 aliphatic rings. The Balaban J connectivity index is 2.27. The summed E-state index contributed by atoms with van der Waals surface area (Å²) in [5.41, 5.74) is 2.32. The summed E-state index contributed by atoms with van der Waals surface area (Å²) in [5.74, 6) is 0. The minimum absolute atomic E-state index is 0.655. The molecule has 0 unspecified atom stereocenters. The van der Waals surface area contributed by atoms with Crippen molar-refractivity contribution in [2.24, 2.45) is 0 Å². The number of ether oxygens (including phenoxy) is 2. The van der Waals surface area contributed by atoms with Gasteiger partial charge in [-0.25, -0.2) is 0 Å². The maximum Gasteiger partial charge on any atom is 0.0700 e. The number of hydrogen-bond donors (Lipinski definition) is 1. The fourth-order valence-corrected chi connectivity index (χ4v) is 3.20. The summed E-state index contributed by atoms with van der Waals surface area (Å²) in [6.07, 6.45) is 0.969. The van der Waals surface area contributed by atoms with Crippen molar-refractivity contribution in [3.05, 3.63) is 26.6 Å². The van der Waals surface area contributed by atoms with Crippen molar-refractivity contribution in [3.8, 4) is 0 Å². The van der Waals surface area contributed by atoms with Crippen molar-refractivity contribution in [2.75, 3.05) is 38.8 Å². The third-order valence-corrected chi connectivity index (χ3v) is 3.64. The molecule has 0 amide bonds. The number of halogens is 2. The predicted molar refractivity (Wildman–Crippen MR) is 82.4 cm³/mol. The monoisotopic (exact) mass is 379 g/mol. The van der Waals surface area contributed by atoms with Gasteiger partial charge in [-0.3, -0.25) is 0 Å². The lowest BCUT2D eigenvalue weighted by molar-refractivity contribution is 0.0705. The first-order chi connectivity index (χ1) is 8.65. The van der Waals surface area contributed by atoms with Gasteiger partial charge in [0.2, 0.25) is 0 Å². The molecule has 102 valence electrons. The summed E-state index contributed by atoms with van der Waals surface area (Å²) in [7, 11) is 1.68. The zero-order valence-electron chi connectivity index (χ0n) is 10.8. The smallest absolute Gasteiger partial charge is 0.0700 e. The molecule has 1 rings (SSSR count). The Labute approximate surface area is 125 Å². The molecule has 1 N–H and O–H groups in total. The third kappa shape index (κ3) is 5.69. The van der Waals surface area contributed by atoms with Crippen molar-refractivity contribution in [1.29, 1.82) is 0 Å². The summed E-state index contributed by atoms with van der Waals surface area (Å²) in [6.45, 7) is 5.02. The summed E-state index contributed by atoms with van der Waals surface area (Å²) in [5, 5.41) is 3.39. The van der Waals surface area contributed by atoms with Crippen LogP contribution in [0.25, 0.3) is 0 Å². The second kappa shape index (κ2) is 8.91. The first-order valence-electron chi connectivity index (χ1n) is 5.91. The molecule has 0 atom stereocenters. The summed E-state index contributed by atoms with van der Waals surface area (Å²) in [4.78, 5) is 0. The minimum Gasteiger partial charge on any atom is -0.383 e. The van der Waals surface area contributed by atoms with Crippen molar-refractivity contribution >= 4 is 37.5 Å². The van der Waals surface area contributed by atoms with E-state index in [4.69, 9.17) is 9.47 Å². The topological polar surface area (TPSA) is 30.5 Å².